The van der Waals surface area contributed by atoms with E-state index in [1.807, 2.05) is 13.8 Å². The predicted octanol–water partition coefficient (Wildman–Crippen LogP) is 1.64. The van der Waals surface area contributed by atoms with Crippen LogP contribution in [0.5, 0.6) is 0 Å². The van der Waals surface area contributed by atoms with E-state index in [9.17, 15) is 9.59 Å². The number of carboxylic acid groups (broad SMARTS) is 1. The van der Waals surface area contributed by atoms with Gasteiger partial charge in [-0.3, -0.25) is 9.59 Å². The zero-order valence-electron chi connectivity index (χ0n) is 12.3. The normalized spacial score (nSPS) is 18.8. The fourth-order valence-electron chi connectivity index (χ4n) is 2.59. The van der Waals surface area contributed by atoms with Gasteiger partial charge in [-0.2, -0.15) is 11.8 Å². The molecule has 0 bridgehead atoms. The minimum atomic E-state index is -0.856. The molecule has 1 unspecified atom stereocenters. The topological polar surface area (TPSA) is 83.6 Å². The standard InChI is InChI=1S/C14H20N2O4S/c1-9-12(10(2)20-15-9)3-4-13(17)16-5-6-21-8-11(16)7-14(18)19/h11H,3-8H2,1-2H3,(H,18,19). The molecule has 1 atom stereocenters. The Balaban J connectivity index is 1.96. The monoisotopic (exact) mass is 312 g/mol. The Labute approximate surface area is 127 Å². The summed E-state index contributed by atoms with van der Waals surface area (Å²) in [7, 11) is 0. The number of aliphatic carboxylic acids is 1. The van der Waals surface area contributed by atoms with Gasteiger partial charge in [0.05, 0.1) is 18.2 Å². The summed E-state index contributed by atoms with van der Waals surface area (Å²) in [5, 5.41) is 12.8. The van der Waals surface area contributed by atoms with Crippen molar-refractivity contribution in [2.24, 2.45) is 0 Å². The SMILES string of the molecule is Cc1noc(C)c1CCC(=O)N1CCSCC1CC(=O)O. The van der Waals surface area contributed by atoms with Crippen LogP contribution >= 0.6 is 11.8 Å². The van der Waals surface area contributed by atoms with Gasteiger partial charge in [-0.15, -0.1) is 0 Å². The molecule has 1 N–H and O–H groups in total. The molecule has 1 aromatic rings. The molecule has 21 heavy (non-hydrogen) atoms. The average molecular weight is 312 g/mol. The Hall–Kier alpha value is -1.50. The molecule has 116 valence electrons. The number of amides is 1. The molecule has 7 heteroatoms. The molecular formula is C14H20N2O4S. The first-order valence-corrected chi connectivity index (χ1v) is 8.15. The Morgan fingerprint density at radius 3 is 2.86 bits per heavy atom. The quantitative estimate of drug-likeness (QED) is 0.890. The van der Waals surface area contributed by atoms with Gasteiger partial charge in [0.25, 0.3) is 0 Å². The predicted molar refractivity (Wildman–Crippen MR) is 79.4 cm³/mol. The number of rotatable bonds is 5. The van der Waals surface area contributed by atoms with E-state index in [-0.39, 0.29) is 18.4 Å². The van der Waals surface area contributed by atoms with Gasteiger partial charge in [0.2, 0.25) is 5.91 Å². The summed E-state index contributed by atoms with van der Waals surface area (Å²) in [6.07, 6.45) is 0.969. The van der Waals surface area contributed by atoms with Crippen LogP contribution in [0, 0.1) is 13.8 Å². The molecule has 0 aliphatic carbocycles. The number of thioether (sulfide) groups is 1. The smallest absolute Gasteiger partial charge is 0.305 e. The molecule has 1 aliphatic heterocycles. The number of carboxylic acids is 1. The van der Waals surface area contributed by atoms with Gasteiger partial charge in [0.15, 0.2) is 0 Å². The lowest BCUT2D eigenvalue weighted by Gasteiger charge is -2.34. The largest absolute Gasteiger partial charge is 0.481 e. The van der Waals surface area contributed by atoms with Crippen molar-refractivity contribution in [3.05, 3.63) is 17.0 Å². The third-order valence-electron chi connectivity index (χ3n) is 3.73. The van der Waals surface area contributed by atoms with Gasteiger partial charge in [0.1, 0.15) is 5.76 Å². The van der Waals surface area contributed by atoms with E-state index in [1.165, 1.54) is 0 Å². The van der Waals surface area contributed by atoms with Crippen molar-refractivity contribution in [1.82, 2.24) is 10.1 Å². The van der Waals surface area contributed by atoms with Crippen LogP contribution in [0.3, 0.4) is 0 Å². The van der Waals surface area contributed by atoms with Gasteiger partial charge < -0.3 is 14.5 Å². The molecule has 1 saturated heterocycles. The molecule has 1 aromatic heterocycles. The number of aryl methyl sites for hydroxylation is 2. The number of carbonyl (C=O) groups is 2. The second-order valence-electron chi connectivity index (χ2n) is 5.22. The lowest BCUT2D eigenvalue weighted by atomic mass is 10.1. The summed E-state index contributed by atoms with van der Waals surface area (Å²) >= 11 is 1.70. The first-order valence-electron chi connectivity index (χ1n) is 6.99. The van der Waals surface area contributed by atoms with Crippen molar-refractivity contribution in [2.45, 2.75) is 39.2 Å². The number of carbonyl (C=O) groups excluding carboxylic acids is 1. The van der Waals surface area contributed by atoms with Crippen molar-refractivity contribution in [2.75, 3.05) is 18.1 Å². The van der Waals surface area contributed by atoms with Crippen molar-refractivity contribution < 1.29 is 19.2 Å². The van der Waals surface area contributed by atoms with Crippen LogP contribution in [0.25, 0.3) is 0 Å². The van der Waals surface area contributed by atoms with Gasteiger partial charge in [-0.25, -0.2) is 0 Å². The van der Waals surface area contributed by atoms with E-state index in [0.29, 0.717) is 25.1 Å². The molecule has 0 radical (unpaired) electrons. The summed E-state index contributed by atoms with van der Waals surface area (Å²) in [4.78, 5) is 25.0. The van der Waals surface area contributed by atoms with E-state index in [4.69, 9.17) is 9.63 Å². The number of hydrogen-bond donors (Lipinski definition) is 1. The first-order chi connectivity index (χ1) is 9.99. The maximum atomic E-state index is 12.4. The maximum Gasteiger partial charge on any atom is 0.305 e. The fourth-order valence-corrected chi connectivity index (χ4v) is 3.65. The highest BCUT2D eigenvalue weighted by Crippen LogP contribution is 2.21. The molecule has 6 nitrogen and oxygen atoms in total. The summed E-state index contributed by atoms with van der Waals surface area (Å²) < 4.78 is 5.09. The molecule has 1 amide bonds. The Morgan fingerprint density at radius 2 is 2.24 bits per heavy atom. The molecule has 0 spiro atoms. The van der Waals surface area contributed by atoms with Crippen LogP contribution in [0.2, 0.25) is 0 Å². The highest BCUT2D eigenvalue weighted by molar-refractivity contribution is 7.99. The third-order valence-corrected chi connectivity index (χ3v) is 4.82. The van der Waals surface area contributed by atoms with Crippen LogP contribution in [0.15, 0.2) is 4.52 Å². The molecular weight excluding hydrogens is 292 g/mol. The van der Waals surface area contributed by atoms with Gasteiger partial charge in [-0.1, -0.05) is 5.16 Å². The second-order valence-corrected chi connectivity index (χ2v) is 6.37. The third kappa shape index (κ3) is 4.00. The van der Waals surface area contributed by atoms with Crippen LogP contribution in [0.1, 0.15) is 29.9 Å². The van der Waals surface area contributed by atoms with E-state index >= 15 is 0 Å². The molecule has 2 rings (SSSR count). The summed E-state index contributed by atoms with van der Waals surface area (Å²) in [5.41, 5.74) is 1.79. The first kappa shape index (κ1) is 15.9. The summed E-state index contributed by atoms with van der Waals surface area (Å²) in [6.45, 7) is 4.33. The Morgan fingerprint density at radius 1 is 1.48 bits per heavy atom. The Bertz CT molecular complexity index is 510. The lowest BCUT2D eigenvalue weighted by molar-refractivity contribution is -0.140. The fraction of sp³-hybridized carbons (Fsp3) is 0.643. The Kier molecular flexibility index (Phi) is 5.27. The minimum Gasteiger partial charge on any atom is -0.481 e. The van der Waals surface area contributed by atoms with Crippen molar-refractivity contribution >= 4 is 23.6 Å². The van der Waals surface area contributed by atoms with Gasteiger partial charge in [0, 0.05) is 30.0 Å². The number of aromatic nitrogens is 1. The summed E-state index contributed by atoms with van der Waals surface area (Å²) in [6, 6.07) is -0.196. The zero-order valence-corrected chi connectivity index (χ0v) is 13.1. The molecule has 1 fully saturated rings. The zero-order chi connectivity index (χ0) is 15.4. The molecule has 0 aromatic carbocycles. The van der Waals surface area contributed by atoms with Crippen LogP contribution in [0.4, 0.5) is 0 Å². The van der Waals surface area contributed by atoms with Gasteiger partial charge >= 0.3 is 5.97 Å². The van der Waals surface area contributed by atoms with Crippen LogP contribution in [-0.4, -0.2) is 51.1 Å². The van der Waals surface area contributed by atoms with E-state index < -0.39 is 5.97 Å². The highest BCUT2D eigenvalue weighted by Gasteiger charge is 2.28. The molecule has 1 aliphatic rings. The van der Waals surface area contributed by atoms with Gasteiger partial charge in [-0.05, 0) is 20.3 Å². The number of nitrogens with zero attached hydrogens (tertiary/aromatic N) is 2. The van der Waals surface area contributed by atoms with Crippen molar-refractivity contribution in [3.8, 4) is 0 Å². The van der Waals surface area contributed by atoms with Crippen LogP contribution < -0.4 is 0 Å². The number of hydrogen-bond acceptors (Lipinski definition) is 5. The van der Waals surface area contributed by atoms with Crippen molar-refractivity contribution in [3.63, 3.8) is 0 Å². The van der Waals surface area contributed by atoms with E-state index in [1.54, 1.807) is 16.7 Å². The average Bonchev–Trinajstić information content (AvgIpc) is 2.75. The minimum absolute atomic E-state index is 0.0153. The van der Waals surface area contributed by atoms with E-state index in [0.717, 1.165) is 22.8 Å². The van der Waals surface area contributed by atoms with Crippen LogP contribution in [-0.2, 0) is 16.0 Å². The highest BCUT2D eigenvalue weighted by atomic mass is 32.2. The van der Waals surface area contributed by atoms with Crippen molar-refractivity contribution in [1.29, 1.82) is 0 Å². The van der Waals surface area contributed by atoms with E-state index in [2.05, 4.69) is 5.16 Å². The second kappa shape index (κ2) is 6.98. The molecule has 2 heterocycles. The molecule has 0 saturated carbocycles. The lowest BCUT2D eigenvalue weighted by Crippen LogP contribution is -2.47. The summed E-state index contributed by atoms with van der Waals surface area (Å²) in [5.74, 6) is 1.47. The maximum absolute atomic E-state index is 12.4.